The molecule has 0 saturated heterocycles. The second-order valence-electron chi connectivity index (χ2n) is 4.03. The Bertz CT molecular complexity index is 329. The van der Waals surface area contributed by atoms with Gasteiger partial charge in [-0.15, -0.1) is 11.8 Å². The number of rotatable bonds is 4. The highest BCUT2D eigenvalue weighted by molar-refractivity contribution is 7.99. The average molecular weight is 237 g/mol. The largest absolute Gasteiger partial charge is 0.383 e. The normalized spacial score (nSPS) is 20.2. The van der Waals surface area contributed by atoms with Gasteiger partial charge in [0, 0.05) is 24.6 Å². The second kappa shape index (κ2) is 6.28. The molecular weight excluding hydrogens is 218 g/mol. The van der Waals surface area contributed by atoms with Crippen molar-refractivity contribution in [3.63, 3.8) is 0 Å². The standard InChI is InChI=1S/C13H19NOS/c1-15-9-8-14-12-6-4-10-16-13-7-3-2-5-11(12)13/h2-3,5,7,12,14H,4,6,8-10H2,1H3/t12-/m0/s1. The molecule has 88 valence electrons. The molecule has 0 radical (unpaired) electrons. The Morgan fingerprint density at radius 1 is 1.44 bits per heavy atom. The van der Waals surface area contributed by atoms with Crippen LogP contribution in [-0.4, -0.2) is 26.0 Å². The Morgan fingerprint density at radius 3 is 3.19 bits per heavy atom. The summed E-state index contributed by atoms with van der Waals surface area (Å²) in [5.41, 5.74) is 1.46. The molecule has 2 rings (SSSR count). The highest BCUT2D eigenvalue weighted by atomic mass is 32.2. The van der Waals surface area contributed by atoms with Crippen molar-refractivity contribution in [1.29, 1.82) is 0 Å². The second-order valence-corrected chi connectivity index (χ2v) is 5.16. The topological polar surface area (TPSA) is 21.3 Å². The summed E-state index contributed by atoms with van der Waals surface area (Å²) in [6.07, 6.45) is 2.51. The fourth-order valence-corrected chi connectivity index (χ4v) is 3.15. The van der Waals surface area contributed by atoms with E-state index >= 15 is 0 Å². The first-order chi connectivity index (χ1) is 7.92. The lowest BCUT2D eigenvalue weighted by Gasteiger charge is -2.18. The summed E-state index contributed by atoms with van der Waals surface area (Å²) in [4.78, 5) is 1.44. The van der Waals surface area contributed by atoms with Gasteiger partial charge in [0.1, 0.15) is 0 Å². The molecule has 1 aliphatic heterocycles. The lowest BCUT2D eigenvalue weighted by molar-refractivity contribution is 0.195. The SMILES string of the molecule is COCCN[C@H]1CCCSc2ccccc21. The molecule has 0 fully saturated rings. The van der Waals surface area contributed by atoms with E-state index in [2.05, 4.69) is 29.6 Å². The van der Waals surface area contributed by atoms with Crippen LogP contribution >= 0.6 is 11.8 Å². The summed E-state index contributed by atoms with van der Waals surface area (Å²) in [5, 5.41) is 3.58. The number of methoxy groups -OCH3 is 1. The molecule has 1 aromatic rings. The van der Waals surface area contributed by atoms with Gasteiger partial charge >= 0.3 is 0 Å². The molecule has 0 unspecified atom stereocenters. The number of thioether (sulfide) groups is 1. The monoisotopic (exact) mass is 237 g/mol. The summed E-state index contributed by atoms with van der Waals surface area (Å²) < 4.78 is 5.08. The predicted octanol–water partition coefficient (Wildman–Crippen LogP) is 2.85. The minimum absolute atomic E-state index is 0.501. The van der Waals surface area contributed by atoms with Crippen molar-refractivity contribution in [1.82, 2.24) is 5.32 Å². The van der Waals surface area contributed by atoms with E-state index in [-0.39, 0.29) is 0 Å². The van der Waals surface area contributed by atoms with E-state index in [1.807, 2.05) is 11.8 Å². The molecule has 1 atom stereocenters. The molecule has 1 aromatic carbocycles. The van der Waals surface area contributed by atoms with Crippen LogP contribution in [-0.2, 0) is 4.74 Å². The lowest BCUT2D eigenvalue weighted by Crippen LogP contribution is -2.25. The molecule has 0 saturated carbocycles. The van der Waals surface area contributed by atoms with Gasteiger partial charge in [0.2, 0.25) is 0 Å². The van der Waals surface area contributed by atoms with Crippen LogP contribution in [0.3, 0.4) is 0 Å². The van der Waals surface area contributed by atoms with Gasteiger partial charge in [-0.05, 0) is 30.2 Å². The Hall–Kier alpha value is -0.510. The lowest BCUT2D eigenvalue weighted by atomic mass is 10.0. The van der Waals surface area contributed by atoms with E-state index in [9.17, 15) is 0 Å². The van der Waals surface area contributed by atoms with Gasteiger partial charge < -0.3 is 10.1 Å². The number of hydrogen-bond acceptors (Lipinski definition) is 3. The van der Waals surface area contributed by atoms with Gasteiger partial charge in [-0.2, -0.15) is 0 Å². The number of fused-ring (bicyclic) bond motifs is 1. The van der Waals surface area contributed by atoms with Crippen molar-refractivity contribution in [2.75, 3.05) is 26.0 Å². The fourth-order valence-electron chi connectivity index (χ4n) is 2.07. The van der Waals surface area contributed by atoms with E-state index < -0.39 is 0 Å². The van der Waals surface area contributed by atoms with Crippen LogP contribution in [0.25, 0.3) is 0 Å². The van der Waals surface area contributed by atoms with Crippen LogP contribution in [0.5, 0.6) is 0 Å². The highest BCUT2D eigenvalue weighted by Gasteiger charge is 2.17. The molecule has 1 heterocycles. The zero-order valence-electron chi connectivity index (χ0n) is 9.74. The molecule has 2 nitrogen and oxygen atoms in total. The van der Waals surface area contributed by atoms with Gasteiger partial charge in [-0.3, -0.25) is 0 Å². The Morgan fingerprint density at radius 2 is 2.31 bits per heavy atom. The van der Waals surface area contributed by atoms with Gasteiger partial charge in [0.05, 0.1) is 6.61 Å². The maximum absolute atomic E-state index is 5.08. The van der Waals surface area contributed by atoms with Gasteiger partial charge in [-0.25, -0.2) is 0 Å². The third-order valence-electron chi connectivity index (χ3n) is 2.89. The number of benzene rings is 1. The third kappa shape index (κ3) is 3.00. The number of ether oxygens (including phenoxy) is 1. The number of nitrogens with one attached hydrogen (secondary N) is 1. The molecule has 1 N–H and O–H groups in total. The van der Waals surface area contributed by atoms with Crippen molar-refractivity contribution < 1.29 is 4.74 Å². The summed E-state index contributed by atoms with van der Waals surface area (Å²) >= 11 is 1.98. The molecule has 3 heteroatoms. The predicted molar refractivity (Wildman–Crippen MR) is 69.0 cm³/mol. The molecule has 0 spiro atoms. The zero-order valence-corrected chi connectivity index (χ0v) is 10.6. The Labute approximate surface area is 102 Å². The van der Waals surface area contributed by atoms with Crippen LogP contribution in [0.4, 0.5) is 0 Å². The van der Waals surface area contributed by atoms with E-state index in [4.69, 9.17) is 4.74 Å². The summed E-state index contributed by atoms with van der Waals surface area (Å²) in [5.74, 6) is 1.24. The maximum Gasteiger partial charge on any atom is 0.0587 e. The molecule has 0 aromatic heterocycles. The molecule has 0 amide bonds. The summed E-state index contributed by atoms with van der Waals surface area (Å²) in [7, 11) is 1.75. The minimum Gasteiger partial charge on any atom is -0.383 e. The van der Waals surface area contributed by atoms with Crippen LogP contribution in [0.15, 0.2) is 29.2 Å². The van der Waals surface area contributed by atoms with Crippen LogP contribution in [0.2, 0.25) is 0 Å². The van der Waals surface area contributed by atoms with Gasteiger partial charge in [0.25, 0.3) is 0 Å². The van der Waals surface area contributed by atoms with E-state index in [0.29, 0.717) is 6.04 Å². The maximum atomic E-state index is 5.08. The average Bonchev–Trinajstić information content (AvgIpc) is 2.52. The van der Waals surface area contributed by atoms with Crippen LogP contribution < -0.4 is 5.32 Å². The Kier molecular flexibility index (Phi) is 4.69. The highest BCUT2D eigenvalue weighted by Crippen LogP contribution is 2.34. The fraction of sp³-hybridized carbons (Fsp3) is 0.538. The first-order valence-electron chi connectivity index (χ1n) is 5.86. The molecule has 0 bridgehead atoms. The molecule has 0 aliphatic carbocycles. The van der Waals surface area contributed by atoms with Crippen molar-refractivity contribution in [3.8, 4) is 0 Å². The van der Waals surface area contributed by atoms with Crippen molar-refractivity contribution in [2.45, 2.75) is 23.8 Å². The summed E-state index contributed by atoms with van der Waals surface area (Å²) in [6.45, 7) is 1.71. The summed E-state index contributed by atoms with van der Waals surface area (Å²) in [6, 6.07) is 9.24. The van der Waals surface area contributed by atoms with E-state index in [1.54, 1.807) is 7.11 Å². The quantitative estimate of drug-likeness (QED) is 0.814. The van der Waals surface area contributed by atoms with Crippen LogP contribution in [0, 0.1) is 0 Å². The first-order valence-corrected chi connectivity index (χ1v) is 6.84. The van der Waals surface area contributed by atoms with Crippen LogP contribution in [0.1, 0.15) is 24.4 Å². The molecular formula is C13H19NOS. The van der Waals surface area contributed by atoms with E-state index in [1.165, 1.54) is 29.1 Å². The van der Waals surface area contributed by atoms with Gasteiger partial charge in [-0.1, -0.05) is 18.2 Å². The van der Waals surface area contributed by atoms with E-state index in [0.717, 1.165) is 13.2 Å². The molecule has 16 heavy (non-hydrogen) atoms. The van der Waals surface area contributed by atoms with Crippen molar-refractivity contribution >= 4 is 11.8 Å². The number of hydrogen-bond donors (Lipinski definition) is 1. The van der Waals surface area contributed by atoms with Crippen molar-refractivity contribution in [3.05, 3.63) is 29.8 Å². The smallest absolute Gasteiger partial charge is 0.0587 e. The minimum atomic E-state index is 0.501. The molecule has 1 aliphatic rings. The van der Waals surface area contributed by atoms with Gasteiger partial charge in [0.15, 0.2) is 0 Å². The first kappa shape index (κ1) is 12.0. The third-order valence-corrected chi connectivity index (χ3v) is 4.06. The Balaban J connectivity index is 2.06. The zero-order chi connectivity index (χ0) is 11.2. The van der Waals surface area contributed by atoms with Crippen molar-refractivity contribution in [2.24, 2.45) is 0 Å².